The van der Waals surface area contributed by atoms with E-state index in [1.165, 1.54) is 32.5 Å². The SMILES string of the molecule is COc1ccc(-c2c(O)ccn(C3OC(O)C(O)C3O)c2=O)cc1OC. The fraction of sp³-hybridized carbons (Fsp3) is 0.353. The average Bonchev–Trinajstić information content (AvgIpc) is 2.89. The molecule has 4 unspecified atom stereocenters. The van der Waals surface area contributed by atoms with Crippen LogP contribution < -0.4 is 15.0 Å². The molecule has 1 aromatic carbocycles. The fourth-order valence-electron chi connectivity index (χ4n) is 2.88. The number of hydrogen-bond donors (Lipinski definition) is 4. The molecular formula is C17H19NO8. The van der Waals surface area contributed by atoms with Crippen LogP contribution in [0.2, 0.25) is 0 Å². The van der Waals surface area contributed by atoms with Crippen molar-refractivity contribution in [2.45, 2.75) is 24.7 Å². The second-order valence-corrected chi connectivity index (χ2v) is 5.76. The van der Waals surface area contributed by atoms with E-state index in [0.717, 1.165) is 4.57 Å². The zero-order chi connectivity index (χ0) is 19.0. The second-order valence-electron chi connectivity index (χ2n) is 5.76. The summed E-state index contributed by atoms with van der Waals surface area (Å²) < 4.78 is 16.4. The van der Waals surface area contributed by atoms with E-state index in [9.17, 15) is 25.2 Å². The van der Waals surface area contributed by atoms with Crippen LogP contribution in [0.5, 0.6) is 17.2 Å². The number of hydrogen-bond acceptors (Lipinski definition) is 8. The van der Waals surface area contributed by atoms with Gasteiger partial charge in [-0.1, -0.05) is 6.07 Å². The summed E-state index contributed by atoms with van der Waals surface area (Å²) in [7, 11) is 2.91. The summed E-state index contributed by atoms with van der Waals surface area (Å²) in [5, 5.41) is 39.3. The number of ether oxygens (including phenoxy) is 3. The Kier molecular flexibility index (Phi) is 4.88. The highest BCUT2D eigenvalue weighted by Gasteiger charge is 2.43. The number of rotatable bonds is 4. The Morgan fingerprint density at radius 1 is 1.04 bits per heavy atom. The highest BCUT2D eigenvalue weighted by molar-refractivity contribution is 5.71. The van der Waals surface area contributed by atoms with Crippen molar-refractivity contribution in [1.82, 2.24) is 4.57 Å². The van der Waals surface area contributed by atoms with Gasteiger partial charge in [-0.2, -0.15) is 0 Å². The lowest BCUT2D eigenvalue weighted by atomic mass is 10.1. The molecule has 2 aromatic rings. The summed E-state index contributed by atoms with van der Waals surface area (Å²) in [5.74, 6) is 0.530. The monoisotopic (exact) mass is 365 g/mol. The molecule has 1 aliphatic heterocycles. The van der Waals surface area contributed by atoms with E-state index in [1.807, 2.05) is 0 Å². The highest BCUT2D eigenvalue weighted by Crippen LogP contribution is 2.35. The molecule has 9 nitrogen and oxygen atoms in total. The minimum absolute atomic E-state index is 0.0554. The van der Waals surface area contributed by atoms with Gasteiger partial charge in [0.25, 0.3) is 5.56 Å². The van der Waals surface area contributed by atoms with E-state index in [0.29, 0.717) is 17.1 Å². The topological polar surface area (TPSA) is 131 Å². The van der Waals surface area contributed by atoms with E-state index in [-0.39, 0.29) is 11.3 Å². The standard InChI is InChI=1S/C17H19NO8/c1-24-10-4-3-8(7-11(10)25-2)12-9(19)5-6-18(15(12)22)16-13(20)14(21)17(23)26-16/h3-7,13-14,16-17,19-21,23H,1-2H3. The summed E-state index contributed by atoms with van der Waals surface area (Å²) in [5.41, 5.74) is -0.379. The van der Waals surface area contributed by atoms with Crippen LogP contribution >= 0.6 is 0 Å². The molecular weight excluding hydrogens is 346 g/mol. The largest absolute Gasteiger partial charge is 0.507 e. The minimum Gasteiger partial charge on any atom is -0.507 e. The third-order valence-electron chi connectivity index (χ3n) is 4.26. The normalized spacial score (nSPS) is 25.3. The van der Waals surface area contributed by atoms with E-state index in [1.54, 1.807) is 12.1 Å². The zero-order valence-corrected chi connectivity index (χ0v) is 14.1. The Morgan fingerprint density at radius 3 is 2.31 bits per heavy atom. The summed E-state index contributed by atoms with van der Waals surface area (Å²) in [6.45, 7) is 0. The molecule has 140 valence electrons. The Labute approximate surface area is 148 Å². The van der Waals surface area contributed by atoms with Crippen molar-refractivity contribution in [2.75, 3.05) is 14.2 Å². The molecule has 26 heavy (non-hydrogen) atoms. The van der Waals surface area contributed by atoms with Crippen molar-refractivity contribution in [2.24, 2.45) is 0 Å². The average molecular weight is 365 g/mol. The molecule has 4 N–H and O–H groups in total. The van der Waals surface area contributed by atoms with Gasteiger partial charge in [-0.3, -0.25) is 9.36 Å². The minimum atomic E-state index is -1.62. The van der Waals surface area contributed by atoms with Gasteiger partial charge in [0.2, 0.25) is 0 Å². The van der Waals surface area contributed by atoms with E-state index >= 15 is 0 Å². The molecule has 0 bridgehead atoms. The van der Waals surface area contributed by atoms with Gasteiger partial charge in [0, 0.05) is 6.20 Å². The molecule has 1 aromatic heterocycles. The van der Waals surface area contributed by atoms with Crippen LogP contribution in [-0.4, -0.2) is 57.7 Å². The number of aromatic hydroxyl groups is 1. The van der Waals surface area contributed by atoms with Crippen molar-refractivity contribution in [3.05, 3.63) is 40.8 Å². The molecule has 0 amide bonds. The first-order valence-electron chi connectivity index (χ1n) is 7.75. The van der Waals surface area contributed by atoms with Crippen LogP contribution in [0.1, 0.15) is 6.23 Å². The molecule has 0 radical (unpaired) electrons. The lowest BCUT2D eigenvalue weighted by molar-refractivity contribution is -0.142. The molecule has 1 fully saturated rings. The number of benzene rings is 1. The molecule has 0 saturated carbocycles. The molecule has 0 spiro atoms. The van der Waals surface area contributed by atoms with Gasteiger partial charge in [0.05, 0.1) is 19.8 Å². The molecule has 4 atom stereocenters. The van der Waals surface area contributed by atoms with Crippen LogP contribution in [-0.2, 0) is 4.74 Å². The lowest BCUT2D eigenvalue weighted by Gasteiger charge is -2.19. The Bertz CT molecular complexity index is 864. The Hall–Kier alpha value is -2.59. The first-order valence-corrected chi connectivity index (χ1v) is 7.75. The zero-order valence-electron chi connectivity index (χ0n) is 14.1. The molecule has 9 heteroatoms. The van der Waals surface area contributed by atoms with Gasteiger partial charge >= 0.3 is 0 Å². The maximum atomic E-state index is 12.9. The van der Waals surface area contributed by atoms with Gasteiger partial charge in [0.15, 0.2) is 24.0 Å². The number of aliphatic hydroxyl groups excluding tert-OH is 3. The van der Waals surface area contributed by atoms with E-state index in [2.05, 4.69) is 0 Å². The third-order valence-corrected chi connectivity index (χ3v) is 4.26. The van der Waals surface area contributed by atoms with Crippen LogP contribution in [0.15, 0.2) is 35.3 Å². The van der Waals surface area contributed by atoms with Crippen molar-refractivity contribution in [3.8, 4) is 28.4 Å². The van der Waals surface area contributed by atoms with Gasteiger partial charge < -0.3 is 34.6 Å². The van der Waals surface area contributed by atoms with Crippen molar-refractivity contribution < 1.29 is 34.6 Å². The smallest absolute Gasteiger partial charge is 0.264 e. The summed E-state index contributed by atoms with van der Waals surface area (Å²) in [6.07, 6.45) is -4.77. The molecule has 0 aliphatic carbocycles. The predicted molar refractivity (Wildman–Crippen MR) is 89.0 cm³/mol. The van der Waals surface area contributed by atoms with E-state index in [4.69, 9.17) is 14.2 Å². The maximum absolute atomic E-state index is 12.9. The first-order chi connectivity index (χ1) is 12.4. The highest BCUT2D eigenvalue weighted by atomic mass is 16.7. The van der Waals surface area contributed by atoms with Crippen LogP contribution in [0.25, 0.3) is 11.1 Å². The first kappa shape index (κ1) is 18.2. The van der Waals surface area contributed by atoms with E-state index < -0.39 is 30.3 Å². The van der Waals surface area contributed by atoms with Gasteiger partial charge in [-0.05, 0) is 23.8 Å². The van der Waals surface area contributed by atoms with Crippen LogP contribution in [0, 0.1) is 0 Å². The predicted octanol–water partition coefficient (Wildman–Crippen LogP) is -0.193. The third kappa shape index (κ3) is 2.90. The van der Waals surface area contributed by atoms with Crippen LogP contribution in [0.3, 0.4) is 0 Å². The number of nitrogens with zero attached hydrogens (tertiary/aromatic N) is 1. The molecule has 3 rings (SSSR count). The number of methoxy groups -OCH3 is 2. The van der Waals surface area contributed by atoms with Gasteiger partial charge in [0.1, 0.15) is 18.0 Å². The number of pyridine rings is 1. The maximum Gasteiger partial charge on any atom is 0.264 e. The quantitative estimate of drug-likeness (QED) is 0.586. The molecule has 2 heterocycles. The molecule has 1 saturated heterocycles. The number of aliphatic hydroxyl groups is 3. The van der Waals surface area contributed by atoms with Gasteiger partial charge in [-0.15, -0.1) is 0 Å². The van der Waals surface area contributed by atoms with Crippen molar-refractivity contribution in [3.63, 3.8) is 0 Å². The van der Waals surface area contributed by atoms with Crippen LogP contribution in [0.4, 0.5) is 0 Å². The lowest BCUT2D eigenvalue weighted by Crippen LogP contribution is -2.35. The summed E-state index contributed by atoms with van der Waals surface area (Å²) in [4.78, 5) is 12.9. The Morgan fingerprint density at radius 2 is 1.73 bits per heavy atom. The van der Waals surface area contributed by atoms with Gasteiger partial charge in [-0.25, -0.2) is 0 Å². The second kappa shape index (κ2) is 6.96. The summed E-state index contributed by atoms with van der Waals surface area (Å²) >= 11 is 0. The Balaban J connectivity index is 2.11. The summed E-state index contributed by atoms with van der Waals surface area (Å²) in [6, 6.07) is 5.92. The fourth-order valence-corrected chi connectivity index (χ4v) is 2.88. The van der Waals surface area contributed by atoms with Crippen molar-refractivity contribution >= 4 is 0 Å². The van der Waals surface area contributed by atoms with Crippen molar-refractivity contribution in [1.29, 1.82) is 0 Å². The number of aromatic nitrogens is 1. The molecule has 1 aliphatic rings.